The third-order valence-corrected chi connectivity index (χ3v) is 5.08. The van der Waals surface area contributed by atoms with Crippen LogP contribution in [0.2, 0.25) is 0 Å². The Bertz CT molecular complexity index is 1100. The fourth-order valence-electron chi connectivity index (χ4n) is 3.53. The van der Waals surface area contributed by atoms with Crippen LogP contribution < -0.4 is 5.73 Å². The highest BCUT2D eigenvalue weighted by Crippen LogP contribution is 2.24. The molecule has 31 heavy (non-hydrogen) atoms. The molecule has 0 unspecified atom stereocenters. The second-order valence-electron chi connectivity index (χ2n) is 7.32. The first-order chi connectivity index (χ1) is 14.3. The number of nitrogens with two attached hydrogens (primary N) is 1. The van der Waals surface area contributed by atoms with Gasteiger partial charge in [0, 0.05) is 38.3 Å². The molecule has 1 aliphatic heterocycles. The van der Waals surface area contributed by atoms with Gasteiger partial charge in [-0.25, -0.2) is 17.9 Å². The number of hydrogen-bond acceptors (Lipinski definition) is 5. The van der Waals surface area contributed by atoms with Crippen LogP contribution in [0.4, 0.5) is 13.2 Å². The van der Waals surface area contributed by atoms with Gasteiger partial charge in [0.15, 0.2) is 11.6 Å². The largest absolute Gasteiger partial charge is 0.335 e. The molecular weight excluding hydrogens is 435 g/mol. The molecule has 2 aromatic heterocycles. The van der Waals surface area contributed by atoms with Crippen molar-refractivity contribution in [2.24, 2.45) is 12.8 Å². The Morgan fingerprint density at radius 2 is 1.94 bits per heavy atom. The van der Waals surface area contributed by atoms with E-state index in [-0.39, 0.29) is 36.7 Å². The van der Waals surface area contributed by atoms with Crippen LogP contribution in [-0.2, 0) is 31.4 Å². The zero-order valence-corrected chi connectivity index (χ0v) is 17.4. The van der Waals surface area contributed by atoms with Gasteiger partial charge in [-0.05, 0) is 24.1 Å². The number of fused-ring (bicyclic) bond motifs is 1. The van der Waals surface area contributed by atoms with Crippen molar-refractivity contribution in [2.45, 2.75) is 32.0 Å². The van der Waals surface area contributed by atoms with Crippen molar-refractivity contribution in [2.75, 3.05) is 6.54 Å². The molecule has 12 heteroatoms. The van der Waals surface area contributed by atoms with Gasteiger partial charge in [0.1, 0.15) is 17.2 Å². The van der Waals surface area contributed by atoms with E-state index in [1.807, 2.05) is 6.07 Å². The molecule has 1 atom stereocenters. The molecule has 1 aromatic carbocycles. The molecule has 2 N–H and O–H groups in total. The van der Waals surface area contributed by atoms with Crippen LogP contribution in [0.3, 0.4) is 0 Å². The van der Waals surface area contributed by atoms with Crippen molar-refractivity contribution in [3.8, 4) is 11.4 Å². The molecule has 0 saturated heterocycles. The topological polar surface area (TPSA) is 94.9 Å². The van der Waals surface area contributed by atoms with Crippen LogP contribution in [0, 0.1) is 17.5 Å². The van der Waals surface area contributed by atoms with Gasteiger partial charge >= 0.3 is 0 Å². The summed E-state index contributed by atoms with van der Waals surface area (Å²) in [4.78, 5) is 14.4. The van der Waals surface area contributed by atoms with E-state index >= 15 is 0 Å². The number of carbonyl (C=O) groups excluding carboxylic acids is 1. The summed E-state index contributed by atoms with van der Waals surface area (Å²) >= 11 is 0. The number of hydrogen-bond donors (Lipinski definition) is 1. The van der Waals surface area contributed by atoms with E-state index in [4.69, 9.17) is 5.73 Å². The summed E-state index contributed by atoms with van der Waals surface area (Å²) in [5, 5.41) is 12.6. The van der Waals surface area contributed by atoms with Crippen molar-refractivity contribution in [3.63, 3.8) is 0 Å². The first-order valence-electron chi connectivity index (χ1n) is 9.41. The maximum absolute atomic E-state index is 13.8. The molecule has 4 rings (SSSR count). The molecule has 1 amide bonds. The lowest BCUT2D eigenvalue weighted by Crippen LogP contribution is -2.41. The predicted molar refractivity (Wildman–Crippen MR) is 108 cm³/mol. The minimum atomic E-state index is -1.26. The fourth-order valence-corrected chi connectivity index (χ4v) is 3.53. The van der Waals surface area contributed by atoms with Crippen molar-refractivity contribution in [3.05, 3.63) is 53.1 Å². The average Bonchev–Trinajstić information content (AvgIpc) is 3.31. The van der Waals surface area contributed by atoms with Crippen LogP contribution in [0.5, 0.6) is 0 Å². The van der Waals surface area contributed by atoms with Crippen molar-refractivity contribution < 1.29 is 18.0 Å². The van der Waals surface area contributed by atoms with Gasteiger partial charge in [-0.15, -0.1) is 17.5 Å². The molecule has 0 aliphatic carbocycles. The second-order valence-corrected chi connectivity index (χ2v) is 7.32. The molecule has 0 fully saturated rings. The Kier molecular flexibility index (Phi) is 6.65. The van der Waals surface area contributed by atoms with E-state index in [2.05, 4.69) is 15.4 Å². The number of nitrogens with zero attached hydrogens (tertiary/aromatic N) is 6. The maximum atomic E-state index is 13.8. The van der Waals surface area contributed by atoms with Gasteiger partial charge in [-0.2, -0.15) is 5.10 Å². The van der Waals surface area contributed by atoms with Gasteiger partial charge < -0.3 is 10.6 Å². The summed E-state index contributed by atoms with van der Waals surface area (Å²) in [7, 11) is 1.80. The van der Waals surface area contributed by atoms with Crippen LogP contribution in [0.1, 0.15) is 17.7 Å². The lowest BCUT2D eigenvalue weighted by atomic mass is 10.0. The van der Waals surface area contributed by atoms with Gasteiger partial charge in [0.2, 0.25) is 5.91 Å². The maximum Gasteiger partial charge on any atom is 0.224 e. The second kappa shape index (κ2) is 9.06. The standard InChI is InChI=1S/C19H20F3N7O.ClH/c1-27-3-2-16(25-27)19-17-10-28(4-5-29(17)26-24-19)18(30)8-12(23)6-11-7-14(21)15(22)9-13(11)20;/h2-3,7,9,12H,4-6,8,10,23H2,1H3;1H/t12-;/m1./s1. The van der Waals surface area contributed by atoms with Crippen LogP contribution in [-0.4, -0.2) is 48.2 Å². The van der Waals surface area contributed by atoms with E-state index < -0.39 is 23.5 Å². The molecular formula is C19H21ClF3N7O. The Balaban J connectivity index is 0.00000272. The van der Waals surface area contributed by atoms with E-state index in [9.17, 15) is 18.0 Å². The van der Waals surface area contributed by atoms with Crippen LogP contribution >= 0.6 is 12.4 Å². The first-order valence-corrected chi connectivity index (χ1v) is 9.41. The van der Waals surface area contributed by atoms with Crippen LogP contribution in [0.25, 0.3) is 11.4 Å². The number of amides is 1. The zero-order chi connectivity index (χ0) is 21.4. The summed E-state index contributed by atoms with van der Waals surface area (Å²) in [6.07, 6.45) is 1.66. The lowest BCUT2D eigenvalue weighted by molar-refractivity contribution is -0.133. The molecule has 0 bridgehead atoms. The Labute approximate surface area is 182 Å². The highest BCUT2D eigenvalue weighted by molar-refractivity contribution is 5.85. The van der Waals surface area contributed by atoms with Gasteiger partial charge in [-0.3, -0.25) is 9.48 Å². The number of halogens is 4. The number of rotatable bonds is 5. The van der Waals surface area contributed by atoms with Crippen LogP contribution in [0.15, 0.2) is 24.4 Å². The lowest BCUT2D eigenvalue weighted by Gasteiger charge is -2.28. The highest BCUT2D eigenvalue weighted by Gasteiger charge is 2.27. The summed E-state index contributed by atoms with van der Waals surface area (Å²) in [6.45, 7) is 1.21. The van der Waals surface area contributed by atoms with Gasteiger partial charge in [-0.1, -0.05) is 5.21 Å². The molecule has 166 valence electrons. The highest BCUT2D eigenvalue weighted by atomic mass is 35.5. The monoisotopic (exact) mass is 455 g/mol. The van der Waals surface area contributed by atoms with E-state index in [0.717, 1.165) is 11.8 Å². The van der Waals surface area contributed by atoms with Crippen molar-refractivity contribution in [1.29, 1.82) is 0 Å². The summed E-state index contributed by atoms with van der Waals surface area (Å²) in [6, 6.07) is 2.34. The average molecular weight is 456 g/mol. The van der Waals surface area contributed by atoms with Crippen molar-refractivity contribution >= 4 is 18.3 Å². The Morgan fingerprint density at radius 1 is 1.19 bits per heavy atom. The molecule has 0 spiro atoms. The molecule has 0 saturated carbocycles. The third-order valence-electron chi connectivity index (χ3n) is 5.08. The minimum absolute atomic E-state index is 0. The molecule has 3 heterocycles. The minimum Gasteiger partial charge on any atom is -0.335 e. The fraction of sp³-hybridized carbons (Fsp3) is 0.368. The van der Waals surface area contributed by atoms with E-state index in [1.165, 1.54) is 0 Å². The summed E-state index contributed by atoms with van der Waals surface area (Å²) in [5.74, 6) is -3.51. The summed E-state index contributed by atoms with van der Waals surface area (Å²) in [5.41, 5.74) is 7.98. The molecule has 0 radical (unpaired) electrons. The number of aryl methyl sites for hydroxylation is 1. The Hall–Kier alpha value is -2.92. The summed E-state index contributed by atoms with van der Waals surface area (Å²) < 4.78 is 43.7. The molecule has 8 nitrogen and oxygen atoms in total. The quantitative estimate of drug-likeness (QED) is 0.592. The van der Waals surface area contributed by atoms with Crippen molar-refractivity contribution in [1.82, 2.24) is 29.7 Å². The first kappa shape index (κ1) is 22.8. The molecule has 3 aromatic rings. The number of aromatic nitrogens is 5. The normalized spacial score (nSPS) is 14.2. The van der Waals surface area contributed by atoms with E-state index in [1.54, 1.807) is 27.5 Å². The number of benzene rings is 1. The molecule has 1 aliphatic rings. The van der Waals surface area contributed by atoms with Gasteiger partial charge in [0.05, 0.1) is 18.8 Å². The van der Waals surface area contributed by atoms with Gasteiger partial charge in [0.25, 0.3) is 0 Å². The number of carbonyl (C=O) groups is 1. The third kappa shape index (κ3) is 4.72. The SMILES string of the molecule is Cl.Cn1ccc(-c2nnn3c2CN(C(=O)C[C@H](N)Cc2cc(F)c(F)cc2F)CC3)n1. The Morgan fingerprint density at radius 3 is 2.65 bits per heavy atom. The predicted octanol–water partition coefficient (Wildman–Crippen LogP) is 1.82. The zero-order valence-electron chi connectivity index (χ0n) is 16.6. The van der Waals surface area contributed by atoms with E-state index in [0.29, 0.717) is 37.1 Å². The smallest absolute Gasteiger partial charge is 0.224 e.